The largest absolute Gasteiger partial charge is 0.238 e. The van der Waals surface area contributed by atoms with Crippen molar-refractivity contribution in [2.24, 2.45) is 9.98 Å². The summed E-state index contributed by atoms with van der Waals surface area (Å²) in [6, 6.07) is 8.16. The maximum atomic E-state index is 10.6. The molecule has 2 rings (SSSR count). The number of benzene rings is 1. The van der Waals surface area contributed by atoms with E-state index in [4.69, 9.17) is 0 Å². The number of allylic oxidation sites excluding steroid dienone is 2. The van der Waals surface area contributed by atoms with Crippen molar-refractivity contribution in [3.63, 3.8) is 0 Å². The van der Waals surface area contributed by atoms with Crippen LogP contribution in [-0.4, -0.2) is 17.8 Å². The van der Waals surface area contributed by atoms with E-state index in [2.05, 4.69) is 16.1 Å². The van der Waals surface area contributed by atoms with E-state index in [1.165, 1.54) is 17.7 Å². The Labute approximate surface area is 117 Å². The van der Waals surface area contributed by atoms with Gasteiger partial charge in [-0.05, 0) is 31.1 Å². The van der Waals surface area contributed by atoms with Crippen molar-refractivity contribution in [2.45, 2.75) is 25.4 Å². The first-order chi connectivity index (χ1) is 9.61. The predicted octanol–water partition coefficient (Wildman–Crippen LogP) is 2.96. The fourth-order valence-corrected chi connectivity index (χ4v) is 2.32. The molecule has 4 nitrogen and oxygen atoms in total. The van der Waals surface area contributed by atoms with E-state index >= 15 is 0 Å². The number of rotatable bonds is 3. The molecule has 0 radical (unpaired) electrons. The van der Waals surface area contributed by atoms with Crippen molar-refractivity contribution in [2.75, 3.05) is 0 Å². The van der Waals surface area contributed by atoms with Crippen molar-refractivity contribution in [3.05, 3.63) is 59.2 Å². The summed E-state index contributed by atoms with van der Waals surface area (Å²) < 4.78 is 0. The van der Waals surface area contributed by atoms with Crippen molar-refractivity contribution in [3.8, 4) is 0 Å². The Kier molecular flexibility index (Phi) is 3.90. The Morgan fingerprint density at radius 3 is 2.40 bits per heavy atom. The molecule has 1 aliphatic carbocycles. The summed E-state index contributed by atoms with van der Waals surface area (Å²) in [5.41, 5.74) is 1.75. The average molecular weight is 266 g/mol. The SMILES string of the molecule is CC1=CC(c2cccc(C)c2)C=CC1(N=C=O)N=C=O. The summed E-state index contributed by atoms with van der Waals surface area (Å²) in [6.07, 6.45) is 8.40. The Balaban J connectivity index is 2.43. The van der Waals surface area contributed by atoms with Gasteiger partial charge in [0.25, 0.3) is 0 Å². The minimum atomic E-state index is -1.27. The molecule has 1 unspecified atom stereocenters. The number of aryl methyl sites for hydroxylation is 1. The molecule has 0 aliphatic heterocycles. The first kappa shape index (κ1) is 13.9. The second-order valence-corrected chi connectivity index (χ2v) is 4.78. The third-order valence-electron chi connectivity index (χ3n) is 3.41. The zero-order chi connectivity index (χ0) is 14.6. The quantitative estimate of drug-likeness (QED) is 0.479. The Hall–Kier alpha value is -2.54. The molecule has 1 aliphatic rings. The van der Waals surface area contributed by atoms with E-state index in [1.54, 1.807) is 13.0 Å². The molecule has 0 saturated carbocycles. The number of hydrogen-bond donors (Lipinski definition) is 0. The standard InChI is InChI=1S/C16H14N2O2/c1-12-4-3-5-14(8-12)15-6-7-16(17-10-19,18-11-20)13(2)9-15/h3-9,15H,1-2H3. The second kappa shape index (κ2) is 5.62. The fourth-order valence-electron chi connectivity index (χ4n) is 2.32. The molecule has 0 amide bonds. The molecular formula is C16H14N2O2. The molecule has 1 aromatic carbocycles. The van der Waals surface area contributed by atoms with Gasteiger partial charge in [0.05, 0.1) is 0 Å². The Morgan fingerprint density at radius 1 is 1.15 bits per heavy atom. The molecule has 4 heteroatoms. The smallest absolute Gasteiger partial charge is 0.211 e. The molecule has 1 aromatic rings. The minimum absolute atomic E-state index is 0.0757. The highest BCUT2D eigenvalue weighted by atomic mass is 16.1. The van der Waals surface area contributed by atoms with E-state index in [1.807, 2.05) is 37.3 Å². The van der Waals surface area contributed by atoms with Gasteiger partial charge in [-0.3, -0.25) is 0 Å². The van der Waals surface area contributed by atoms with Crippen LogP contribution < -0.4 is 0 Å². The van der Waals surface area contributed by atoms with Gasteiger partial charge in [-0.2, -0.15) is 9.98 Å². The Bertz CT molecular complexity index is 657. The van der Waals surface area contributed by atoms with Gasteiger partial charge >= 0.3 is 0 Å². The van der Waals surface area contributed by atoms with Gasteiger partial charge in [-0.25, -0.2) is 9.59 Å². The first-order valence-corrected chi connectivity index (χ1v) is 6.24. The van der Waals surface area contributed by atoms with Gasteiger partial charge in [-0.1, -0.05) is 42.0 Å². The summed E-state index contributed by atoms with van der Waals surface area (Å²) in [5, 5.41) is 0. The van der Waals surface area contributed by atoms with Crippen LogP contribution in [0.1, 0.15) is 24.0 Å². The number of hydrogen-bond acceptors (Lipinski definition) is 4. The van der Waals surface area contributed by atoms with Gasteiger partial charge in [0.15, 0.2) is 0 Å². The minimum Gasteiger partial charge on any atom is -0.211 e. The molecule has 0 bridgehead atoms. The highest BCUT2D eigenvalue weighted by Gasteiger charge is 2.32. The molecule has 0 saturated heterocycles. The van der Waals surface area contributed by atoms with E-state index < -0.39 is 5.66 Å². The maximum Gasteiger partial charge on any atom is 0.238 e. The summed E-state index contributed by atoms with van der Waals surface area (Å²) in [6.45, 7) is 3.82. The van der Waals surface area contributed by atoms with Gasteiger partial charge < -0.3 is 0 Å². The number of nitrogens with zero attached hydrogens (tertiary/aromatic N) is 2. The number of aliphatic imine (C=N–C) groups is 2. The van der Waals surface area contributed by atoms with Crippen molar-refractivity contribution < 1.29 is 9.59 Å². The highest BCUT2D eigenvalue weighted by Crippen LogP contribution is 2.34. The Morgan fingerprint density at radius 2 is 1.85 bits per heavy atom. The molecule has 0 spiro atoms. The predicted molar refractivity (Wildman–Crippen MR) is 75.8 cm³/mol. The zero-order valence-electron chi connectivity index (χ0n) is 11.3. The van der Waals surface area contributed by atoms with Crippen LogP contribution in [0.4, 0.5) is 0 Å². The topological polar surface area (TPSA) is 58.9 Å². The zero-order valence-corrected chi connectivity index (χ0v) is 11.3. The normalized spacial score (nSPS) is 24.3. The molecular weight excluding hydrogens is 252 g/mol. The van der Waals surface area contributed by atoms with Crippen LogP contribution in [0.3, 0.4) is 0 Å². The molecule has 100 valence electrons. The lowest BCUT2D eigenvalue weighted by atomic mass is 9.86. The third-order valence-corrected chi connectivity index (χ3v) is 3.41. The van der Waals surface area contributed by atoms with E-state index in [-0.39, 0.29) is 5.92 Å². The molecule has 0 N–H and O–H groups in total. The van der Waals surface area contributed by atoms with Gasteiger partial charge in [0.2, 0.25) is 17.8 Å². The third kappa shape index (κ3) is 2.57. The molecule has 20 heavy (non-hydrogen) atoms. The first-order valence-electron chi connectivity index (χ1n) is 6.24. The monoisotopic (exact) mass is 266 g/mol. The summed E-state index contributed by atoms with van der Waals surface area (Å²) in [4.78, 5) is 28.4. The van der Waals surface area contributed by atoms with Gasteiger partial charge in [-0.15, -0.1) is 0 Å². The molecule has 0 heterocycles. The van der Waals surface area contributed by atoms with Crippen LogP contribution in [0.25, 0.3) is 0 Å². The summed E-state index contributed by atoms with van der Waals surface area (Å²) in [5.74, 6) is 0.0757. The van der Waals surface area contributed by atoms with Crippen LogP contribution in [-0.2, 0) is 9.59 Å². The van der Waals surface area contributed by atoms with Crippen LogP contribution >= 0.6 is 0 Å². The van der Waals surface area contributed by atoms with Crippen molar-refractivity contribution in [1.82, 2.24) is 0 Å². The highest BCUT2D eigenvalue weighted by molar-refractivity contribution is 5.49. The van der Waals surface area contributed by atoms with Crippen LogP contribution in [0.2, 0.25) is 0 Å². The van der Waals surface area contributed by atoms with Gasteiger partial charge in [0, 0.05) is 5.92 Å². The van der Waals surface area contributed by atoms with Crippen LogP contribution in [0.5, 0.6) is 0 Å². The molecule has 0 fully saturated rings. The van der Waals surface area contributed by atoms with Crippen molar-refractivity contribution in [1.29, 1.82) is 0 Å². The van der Waals surface area contributed by atoms with E-state index in [9.17, 15) is 9.59 Å². The summed E-state index contributed by atoms with van der Waals surface area (Å²) in [7, 11) is 0. The van der Waals surface area contributed by atoms with Gasteiger partial charge in [0.1, 0.15) is 0 Å². The van der Waals surface area contributed by atoms with Crippen molar-refractivity contribution >= 4 is 12.2 Å². The maximum absolute atomic E-state index is 10.6. The number of isocyanates is 2. The lowest BCUT2D eigenvalue weighted by Crippen LogP contribution is -2.25. The van der Waals surface area contributed by atoms with E-state index in [0.717, 1.165) is 5.56 Å². The van der Waals surface area contributed by atoms with Crippen LogP contribution in [0, 0.1) is 6.92 Å². The fraction of sp³-hybridized carbons (Fsp3) is 0.250. The number of carbonyl (C=O) groups excluding carboxylic acids is 2. The second-order valence-electron chi connectivity index (χ2n) is 4.78. The molecule has 1 atom stereocenters. The molecule has 0 aromatic heterocycles. The van der Waals surface area contributed by atoms with Crippen LogP contribution in [0.15, 0.2) is 58.1 Å². The lowest BCUT2D eigenvalue weighted by molar-refractivity contribution is 0.537. The lowest BCUT2D eigenvalue weighted by Gasteiger charge is -2.25. The van der Waals surface area contributed by atoms with E-state index in [0.29, 0.717) is 5.57 Å². The average Bonchev–Trinajstić information content (AvgIpc) is 2.42. The summed E-state index contributed by atoms with van der Waals surface area (Å²) >= 11 is 0.